The molecule has 7 nitrogen and oxygen atoms in total. The van der Waals surface area contributed by atoms with Gasteiger partial charge < -0.3 is 16.4 Å². The lowest BCUT2D eigenvalue weighted by molar-refractivity contribution is -0.117. The average molecular weight is 400 g/mol. The average Bonchev–Trinajstić information content (AvgIpc) is 3.35. The summed E-state index contributed by atoms with van der Waals surface area (Å²) in [5, 5.41) is 8.04. The van der Waals surface area contributed by atoms with Crippen LogP contribution in [0, 0.1) is 0 Å². The molecule has 3 amide bonds. The fraction of sp³-hybridized carbons (Fsp3) is 0.111. The second-order valence-corrected chi connectivity index (χ2v) is 7.51. The van der Waals surface area contributed by atoms with Crippen LogP contribution in [0.15, 0.2) is 48.0 Å². The van der Waals surface area contributed by atoms with E-state index in [1.54, 1.807) is 41.8 Å². The molecule has 0 saturated carbocycles. The summed E-state index contributed by atoms with van der Waals surface area (Å²) in [6.45, 7) is 0.118. The number of nitrogens with two attached hydrogens (primary N) is 1. The molecule has 3 rings (SSSR count). The number of thiophene rings is 1. The number of thiazole rings is 1. The Morgan fingerprint density at radius 1 is 1.04 bits per heavy atom. The Bertz CT molecular complexity index is 949. The van der Waals surface area contributed by atoms with E-state index in [4.69, 9.17) is 5.73 Å². The van der Waals surface area contributed by atoms with E-state index in [2.05, 4.69) is 15.6 Å². The van der Waals surface area contributed by atoms with Gasteiger partial charge in [0.05, 0.1) is 17.6 Å². The van der Waals surface area contributed by atoms with Crippen molar-refractivity contribution in [3.63, 3.8) is 0 Å². The van der Waals surface area contributed by atoms with Gasteiger partial charge in [0.1, 0.15) is 9.88 Å². The Labute approximate surface area is 163 Å². The van der Waals surface area contributed by atoms with Crippen molar-refractivity contribution < 1.29 is 14.4 Å². The molecule has 0 atom stereocenters. The van der Waals surface area contributed by atoms with E-state index in [9.17, 15) is 14.4 Å². The zero-order valence-corrected chi connectivity index (χ0v) is 15.7. The third-order valence-corrected chi connectivity index (χ3v) is 5.59. The third kappa shape index (κ3) is 4.99. The highest BCUT2D eigenvalue weighted by atomic mass is 32.1. The number of amides is 3. The van der Waals surface area contributed by atoms with Gasteiger partial charge in [0.2, 0.25) is 5.91 Å². The summed E-state index contributed by atoms with van der Waals surface area (Å²) in [6, 6.07) is 10.6. The van der Waals surface area contributed by atoms with Gasteiger partial charge in [-0.1, -0.05) is 18.2 Å². The molecule has 9 heteroatoms. The molecule has 0 saturated heterocycles. The number of rotatable bonds is 7. The van der Waals surface area contributed by atoms with Gasteiger partial charge in [0.15, 0.2) is 0 Å². The highest BCUT2D eigenvalue weighted by Crippen LogP contribution is 2.28. The molecule has 0 spiro atoms. The van der Waals surface area contributed by atoms with Crippen LogP contribution in [0.1, 0.15) is 25.6 Å². The number of carbonyl (C=O) groups is 3. The van der Waals surface area contributed by atoms with E-state index < -0.39 is 5.91 Å². The van der Waals surface area contributed by atoms with Crippen molar-refractivity contribution in [3.05, 3.63) is 64.0 Å². The van der Waals surface area contributed by atoms with Crippen LogP contribution < -0.4 is 16.4 Å². The summed E-state index contributed by atoms with van der Waals surface area (Å²) >= 11 is 2.92. The topological polar surface area (TPSA) is 114 Å². The van der Waals surface area contributed by atoms with Crippen molar-refractivity contribution >= 4 is 40.4 Å². The fourth-order valence-electron chi connectivity index (χ4n) is 2.21. The normalized spacial score (nSPS) is 10.4. The van der Waals surface area contributed by atoms with E-state index in [0.29, 0.717) is 17.0 Å². The van der Waals surface area contributed by atoms with Crippen LogP contribution in [0.2, 0.25) is 0 Å². The number of primary amides is 1. The lowest BCUT2D eigenvalue weighted by Gasteiger charge is -2.06. The SMILES string of the molecule is NC(=O)CNC(=O)c1ccc(CNC(=O)c2cnc(-c3cccs3)s2)cc1. The third-order valence-electron chi connectivity index (χ3n) is 3.55. The number of nitrogens with one attached hydrogen (secondary N) is 2. The number of benzene rings is 1. The predicted molar refractivity (Wildman–Crippen MR) is 105 cm³/mol. The van der Waals surface area contributed by atoms with E-state index in [1.807, 2.05) is 17.5 Å². The summed E-state index contributed by atoms with van der Waals surface area (Å²) in [4.78, 5) is 40.6. The van der Waals surface area contributed by atoms with Crippen molar-refractivity contribution in [2.45, 2.75) is 6.54 Å². The molecule has 0 radical (unpaired) electrons. The minimum Gasteiger partial charge on any atom is -0.368 e. The van der Waals surface area contributed by atoms with Crippen molar-refractivity contribution in [2.24, 2.45) is 5.73 Å². The molecular weight excluding hydrogens is 384 g/mol. The van der Waals surface area contributed by atoms with Crippen LogP contribution in [-0.4, -0.2) is 29.3 Å². The minimum atomic E-state index is -0.604. The van der Waals surface area contributed by atoms with Crippen LogP contribution in [0.3, 0.4) is 0 Å². The lowest BCUT2D eigenvalue weighted by atomic mass is 10.1. The van der Waals surface area contributed by atoms with E-state index >= 15 is 0 Å². The first kappa shape index (κ1) is 18.7. The molecule has 0 fully saturated rings. The van der Waals surface area contributed by atoms with Crippen LogP contribution in [0.25, 0.3) is 9.88 Å². The quantitative estimate of drug-likeness (QED) is 0.563. The summed E-state index contributed by atoms with van der Waals surface area (Å²) < 4.78 is 0. The molecule has 138 valence electrons. The maximum absolute atomic E-state index is 12.3. The molecule has 0 aliphatic carbocycles. The van der Waals surface area contributed by atoms with Gasteiger partial charge in [-0.05, 0) is 29.1 Å². The molecule has 0 unspecified atom stereocenters. The number of carbonyl (C=O) groups excluding carboxylic acids is 3. The zero-order chi connectivity index (χ0) is 19.2. The molecule has 2 heterocycles. The molecule has 2 aromatic heterocycles. The van der Waals surface area contributed by atoms with E-state index in [0.717, 1.165) is 15.4 Å². The van der Waals surface area contributed by atoms with Crippen LogP contribution >= 0.6 is 22.7 Å². The van der Waals surface area contributed by atoms with Crippen LogP contribution in [0.4, 0.5) is 0 Å². The first-order valence-corrected chi connectivity index (χ1v) is 9.66. The number of hydrogen-bond donors (Lipinski definition) is 3. The van der Waals surface area contributed by atoms with Crippen molar-refractivity contribution in [1.82, 2.24) is 15.6 Å². The van der Waals surface area contributed by atoms with Crippen molar-refractivity contribution in [2.75, 3.05) is 6.54 Å². The first-order chi connectivity index (χ1) is 13.0. The van der Waals surface area contributed by atoms with Gasteiger partial charge in [0, 0.05) is 12.1 Å². The Balaban J connectivity index is 1.54. The number of hydrogen-bond acceptors (Lipinski definition) is 6. The Morgan fingerprint density at radius 2 is 1.81 bits per heavy atom. The predicted octanol–water partition coefficient (Wildman–Crippen LogP) is 2.02. The largest absolute Gasteiger partial charge is 0.368 e. The van der Waals surface area contributed by atoms with Crippen LogP contribution in [-0.2, 0) is 11.3 Å². The molecule has 4 N–H and O–H groups in total. The van der Waals surface area contributed by atoms with Gasteiger partial charge in [0.25, 0.3) is 11.8 Å². The second-order valence-electron chi connectivity index (χ2n) is 5.54. The summed E-state index contributed by atoms with van der Waals surface area (Å²) in [7, 11) is 0. The van der Waals surface area contributed by atoms with Crippen molar-refractivity contribution in [3.8, 4) is 9.88 Å². The fourth-order valence-corrected chi connectivity index (χ4v) is 3.84. The standard InChI is InChI=1S/C18H16N4O3S2/c19-15(23)10-21-16(24)12-5-3-11(4-6-12)8-20-17(25)14-9-22-18(27-14)13-2-1-7-26-13/h1-7,9H,8,10H2,(H2,19,23)(H,20,25)(H,21,24). The molecule has 3 aromatic rings. The highest BCUT2D eigenvalue weighted by Gasteiger charge is 2.12. The smallest absolute Gasteiger partial charge is 0.263 e. The Morgan fingerprint density at radius 3 is 2.48 bits per heavy atom. The van der Waals surface area contributed by atoms with Gasteiger partial charge in [-0.15, -0.1) is 22.7 Å². The second kappa shape index (κ2) is 8.56. The van der Waals surface area contributed by atoms with Gasteiger partial charge in [-0.25, -0.2) is 4.98 Å². The minimum absolute atomic E-state index is 0.196. The molecule has 0 aliphatic rings. The van der Waals surface area contributed by atoms with Crippen molar-refractivity contribution in [1.29, 1.82) is 0 Å². The highest BCUT2D eigenvalue weighted by molar-refractivity contribution is 7.21. The van der Waals surface area contributed by atoms with Crippen LogP contribution in [0.5, 0.6) is 0 Å². The molecule has 0 bridgehead atoms. The summed E-state index contributed by atoms with van der Waals surface area (Å²) in [5.74, 6) is -1.18. The number of aromatic nitrogens is 1. The Kier molecular flexibility index (Phi) is 5.94. The number of nitrogens with zero attached hydrogens (tertiary/aromatic N) is 1. The van der Waals surface area contributed by atoms with E-state index in [-0.39, 0.29) is 18.4 Å². The molecule has 0 aliphatic heterocycles. The molecule has 27 heavy (non-hydrogen) atoms. The maximum atomic E-state index is 12.3. The van der Waals surface area contributed by atoms with Gasteiger partial charge >= 0.3 is 0 Å². The van der Waals surface area contributed by atoms with Gasteiger partial charge in [-0.2, -0.15) is 0 Å². The first-order valence-electron chi connectivity index (χ1n) is 7.96. The molecular formula is C18H16N4O3S2. The van der Waals surface area contributed by atoms with Gasteiger partial charge in [-0.3, -0.25) is 14.4 Å². The molecule has 1 aromatic carbocycles. The lowest BCUT2D eigenvalue weighted by Crippen LogP contribution is -2.33. The maximum Gasteiger partial charge on any atom is 0.263 e. The Hall–Kier alpha value is -3.04. The zero-order valence-electron chi connectivity index (χ0n) is 14.1. The summed E-state index contributed by atoms with van der Waals surface area (Å²) in [6.07, 6.45) is 1.57. The monoisotopic (exact) mass is 400 g/mol. The summed E-state index contributed by atoms with van der Waals surface area (Å²) in [5.41, 5.74) is 6.25. The van der Waals surface area contributed by atoms with E-state index in [1.165, 1.54) is 11.3 Å².